The number of rotatable bonds is 5. The molecule has 1 amide bonds. The largest absolute Gasteiger partial charge is 0.482 e. The second-order valence-corrected chi connectivity index (χ2v) is 3.52. The van der Waals surface area contributed by atoms with E-state index in [9.17, 15) is 22.8 Å². The van der Waals surface area contributed by atoms with E-state index in [0.29, 0.717) is 0 Å². The van der Waals surface area contributed by atoms with Crippen molar-refractivity contribution in [2.24, 2.45) is 0 Å². The number of hydrogen-bond acceptors (Lipinski definition) is 3. The summed E-state index contributed by atoms with van der Waals surface area (Å²) in [6.45, 7) is -1.50. The maximum absolute atomic E-state index is 12.0. The van der Waals surface area contributed by atoms with Crippen LogP contribution in [0, 0.1) is 0 Å². The number of carbonyl (C=O) groups excluding carboxylic acids is 1. The lowest BCUT2D eigenvalue weighted by molar-refractivity contribution is -0.153. The number of carboxylic acids is 1. The first-order valence-electron chi connectivity index (χ1n) is 5.08. The van der Waals surface area contributed by atoms with E-state index < -0.39 is 31.1 Å². The van der Waals surface area contributed by atoms with E-state index in [1.807, 2.05) is 0 Å². The normalized spacial score (nSPS) is 10.9. The Morgan fingerprint density at radius 1 is 1.26 bits per heavy atom. The summed E-state index contributed by atoms with van der Waals surface area (Å²) in [6, 6.07) is 5.45. The Bertz CT molecular complexity index is 473. The summed E-state index contributed by atoms with van der Waals surface area (Å²) < 4.78 is 40.6. The summed E-state index contributed by atoms with van der Waals surface area (Å²) in [6.07, 6.45) is -5.29. The third kappa shape index (κ3) is 5.75. The van der Waals surface area contributed by atoms with Crippen LogP contribution in [0.4, 0.5) is 18.9 Å². The van der Waals surface area contributed by atoms with Gasteiger partial charge in [-0.2, -0.15) is 13.2 Å². The molecule has 0 fully saturated rings. The van der Waals surface area contributed by atoms with E-state index in [1.54, 1.807) is 0 Å². The zero-order chi connectivity index (χ0) is 14.5. The molecular formula is C11H10F3NO4. The predicted molar refractivity (Wildman–Crippen MR) is 58.9 cm³/mol. The smallest absolute Gasteiger partial charge is 0.422 e. The molecule has 0 aliphatic carbocycles. The highest BCUT2D eigenvalue weighted by atomic mass is 19.4. The van der Waals surface area contributed by atoms with Crippen molar-refractivity contribution in [3.8, 4) is 5.75 Å². The number of alkyl halides is 3. The van der Waals surface area contributed by atoms with E-state index in [0.717, 1.165) is 0 Å². The molecule has 0 spiro atoms. The SMILES string of the molecule is O=C(O)CC(=O)Nc1ccccc1OCC(F)(F)F. The van der Waals surface area contributed by atoms with Crippen molar-refractivity contribution >= 4 is 17.6 Å². The van der Waals surface area contributed by atoms with Gasteiger partial charge in [0.1, 0.15) is 12.2 Å². The molecule has 0 heterocycles. The second-order valence-electron chi connectivity index (χ2n) is 3.52. The second kappa shape index (κ2) is 6.07. The highest BCUT2D eigenvalue weighted by Crippen LogP contribution is 2.26. The molecule has 19 heavy (non-hydrogen) atoms. The molecular weight excluding hydrogens is 267 g/mol. The number of halogens is 3. The van der Waals surface area contributed by atoms with Crippen molar-refractivity contribution in [2.45, 2.75) is 12.6 Å². The van der Waals surface area contributed by atoms with Crippen molar-refractivity contribution in [1.29, 1.82) is 0 Å². The summed E-state index contributed by atoms with van der Waals surface area (Å²) in [4.78, 5) is 21.5. The first-order valence-corrected chi connectivity index (χ1v) is 5.08. The number of hydrogen-bond donors (Lipinski definition) is 2. The van der Waals surface area contributed by atoms with Gasteiger partial charge in [-0.05, 0) is 12.1 Å². The molecule has 0 aromatic heterocycles. The van der Waals surface area contributed by atoms with Crippen LogP contribution in [0.25, 0.3) is 0 Å². The monoisotopic (exact) mass is 277 g/mol. The molecule has 0 bridgehead atoms. The van der Waals surface area contributed by atoms with Crippen LogP contribution >= 0.6 is 0 Å². The van der Waals surface area contributed by atoms with Crippen molar-refractivity contribution in [3.05, 3.63) is 24.3 Å². The van der Waals surface area contributed by atoms with Crippen LogP contribution in [0.3, 0.4) is 0 Å². The van der Waals surface area contributed by atoms with E-state index >= 15 is 0 Å². The fourth-order valence-electron chi connectivity index (χ4n) is 1.19. The van der Waals surface area contributed by atoms with E-state index in [2.05, 4.69) is 10.1 Å². The van der Waals surface area contributed by atoms with Gasteiger partial charge in [0.15, 0.2) is 6.61 Å². The molecule has 0 aliphatic heterocycles. The number of amides is 1. The van der Waals surface area contributed by atoms with Gasteiger partial charge >= 0.3 is 12.1 Å². The van der Waals surface area contributed by atoms with Gasteiger partial charge in [-0.15, -0.1) is 0 Å². The van der Waals surface area contributed by atoms with Crippen LogP contribution in [-0.4, -0.2) is 29.8 Å². The topological polar surface area (TPSA) is 75.6 Å². The maximum atomic E-state index is 12.0. The molecule has 8 heteroatoms. The van der Waals surface area contributed by atoms with Gasteiger partial charge in [0, 0.05) is 0 Å². The number of ether oxygens (including phenoxy) is 1. The van der Waals surface area contributed by atoms with Crippen LogP contribution in [0.2, 0.25) is 0 Å². The molecule has 0 saturated heterocycles. The lowest BCUT2D eigenvalue weighted by atomic mass is 10.3. The Labute approximate surface area is 106 Å². The Balaban J connectivity index is 2.73. The van der Waals surface area contributed by atoms with Crippen molar-refractivity contribution < 1.29 is 32.6 Å². The molecule has 0 atom stereocenters. The van der Waals surface area contributed by atoms with E-state index in [1.165, 1.54) is 24.3 Å². The molecule has 0 radical (unpaired) electrons. The number of anilines is 1. The van der Waals surface area contributed by atoms with Crippen LogP contribution < -0.4 is 10.1 Å². The first kappa shape index (κ1) is 14.8. The molecule has 2 N–H and O–H groups in total. The quantitative estimate of drug-likeness (QED) is 0.807. The summed E-state index contributed by atoms with van der Waals surface area (Å²) in [5, 5.41) is 10.6. The number of nitrogens with one attached hydrogen (secondary N) is 1. The van der Waals surface area contributed by atoms with E-state index in [4.69, 9.17) is 5.11 Å². The average Bonchev–Trinajstić information content (AvgIpc) is 2.25. The Hall–Kier alpha value is -2.25. The molecule has 5 nitrogen and oxygen atoms in total. The van der Waals surface area contributed by atoms with Crippen LogP contribution in [0.5, 0.6) is 5.75 Å². The summed E-state index contributed by atoms with van der Waals surface area (Å²) in [5.74, 6) is -2.37. The molecule has 1 aromatic rings. The number of carboxylic acid groups (broad SMARTS) is 1. The zero-order valence-corrected chi connectivity index (χ0v) is 9.53. The summed E-state index contributed by atoms with van der Waals surface area (Å²) in [7, 11) is 0. The van der Waals surface area contributed by atoms with Crippen LogP contribution in [0.1, 0.15) is 6.42 Å². The Morgan fingerprint density at radius 3 is 2.47 bits per heavy atom. The van der Waals surface area contributed by atoms with Crippen LogP contribution in [-0.2, 0) is 9.59 Å². The van der Waals surface area contributed by atoms with Crippen LogP contribution in [0.15, 0.2) is 24.3 Å². The van der Waals surface area contributed by atoms with E-state index in [-0.39, 0.29) is 11.4 Å². The molecule has 0 saturated carbocycles. The lowest BCUT2D eigenvalue weighted by Crippen LogP contribution is -2.21. The minimum absolute atomic E-state index is 0.0157. The van der Waals surface area contributed by atoms with Gasteiger partial charge in [-0.25, -0.2) is 0 Å². The molecule has 1 aromatic carbocycles. The predicted octanol–water partition coefficient (Wildman–Crippen LogP) is 2.04. The molecule has 0 unspecified atom stereocenters. The van der Waals surface area contributed by atoms with Gasteiger partial charge in [0.05, 0.1) is 5.69 Å². The summed E-state index contributed by atoms with van der Waals surface area (Å²) in [5.41, 5.74) is -0.0157. The zero-order valence-electron chi connectivity index (χ0n) is 9.53. The highest BCUT2D eigenvalue weighted by Gasteiger charge is 2.28. The van der Waals surface area contributed by atoms with Gasteiger partial charge in [0.2, 0.25) is 5.91 Å². The summed E-state index contributed by atoms with van der Waals surface area (Å²) >= 11 is 0. The van der Waals surface area contributed by atoms with Crippen molar-refractivity contribution in [3.63, 3.8) is 0 Å². The highest BCUT2D eigenvalue weighted by molar-refractivity contribution is 6.02. The van der Waals surface area contributed by atoms with Crippen molar-refractivity contribution in [1.82, 2.24) is 0 Å². The lowest BCUT2D eigenvalue weighted by Gasteiger charge is -2.13. The molecule has 104 valence electrons. The first-order chi connectivity index (χ1) is 8.78. The van der Waals surface area contributed by atoms with Gasteiger partial charge in [-0.3, -0.25) is 9.59 Å². The Kier molecular flexibility index (Phi) is 4.74. The fourth-order valence-corrected chi connectivity index (χ4v) is 1.19. The average molecular weight is 277 g/mol. The Morgan fingerprint density at radius 2 is 1.89 bits per heavy atom. The van der Waals surface area contributed by atoms with Gasteiger partial charge in [-0.1, -0.05) is 12.1 Å². The minimum Gasteiger partial charge on any atom is -0.482 e. The number of benzene rings is 1. The fraction of sp³-hybridized carbons (Fsp3) is 0.273. The number of para-hydroxylation sites is 2. The number of aliphatic carboxylic acids is 1. The number of carbonyl (C=O) groups is 2. The minimum atomic E-state index is -4.50. The third-order valence-corrected chi connectivity index (χ3v) is 1.86. The van der Waals surface area contributed by atoms with Crippen molar-refractivity contribution in [2.75, 3.05) is 11.9 Å². The van der Waals surface area contributed by atoms with Gasteiger partial charge < -0.3 is 15.2 Å². The van der Waals surface area contributed by atoms with Gasteiger partial charge in [0.25, 0.3) is 0 Å². The maximum Gasteiger partial charge on any atom is 0.422 e. The molecule has 1 rings (SSSR count). The standard InChI is InChI=1S/C11H10F3NO4/c12-11(13,14)6-19-8-4-2-1-3-7(8)15-9(16)5-10(17)18/h1-4H,5-6H2,(H,15,16)(H,17,18). The molecule has 0 aliphatic rings. The third-order valence-electron chi connectivity index (χ3n) is 1.86.